The highest BCUT2D eigenvalue weighted by molar-refractivity contribution is 5.83. The van der Waals surface area contributed by atoms with Gasteiger partial charge in [0.2, 0.25) is 0 Å². The summed E-state index contributed by atoms with van der Waals surface area (Å²) in [5.41, 5.74) is 2.47. The van der Waals surface area contributed by atoms with Crippen LogP contribution in [0.5, 0.6) is 5.75 Å². The van der Waals surface area contributed by atoms with Gasteiger partial charge in [0.15, 0.2) is 0 Å². The van der Waals surface area contributed by atoms with Crippen molar-refractivity contribution in [2.24, 2.45) is 0 Å². The van der Waals surface area contributed by atoms with Crippen LogP contribution in [0.2, 0.25) is 0 Å². The molecule has 0 saturated carbocycles. The van der Waals surface area contributed by atoms with E-state index in [0.717, 1.165) is 28.0 Å². The Balaban J connectivity index is 1.48. The maximum absolute atomic E-state index is 14.2. The minimum atomic E-state index is -0.216. The first kappa shape index (κ1) is 17.4. The van der Waals surface area contributed by atoms with Crippen LogP contribution in [0.15, 0.2) is 91.0 Å². The number of fused-ring (bicyclic) bond motifs is 2. The van der Waals surface area contributed by atoms with Crippen LogP contribution in [0.3, 0.4) is 0 Å². The van der Waals surface area contributed by atoms with E-state index in [-0.39, 0.29) is 5.82 Å². The van der Waals surface area contributed by atoms with Crippen molar-refractivity contribution in [2.75, 3.05) is 0 Å². The summed E-state index contributed by atoms with van der Waals surface area (Å²) in [6, 6.07) is 29.0. The highest BCUT2D eigenvalue weighted by atomic mass is 19.1. The highest BCUT2D eigenvalue weighted by Gasteiger charge is 2.13. The van der Waals surface area contributed by atoms with E-state index in [1.165, 1.54) is 11.5 Å². The van der Waals surface area contributed by atoms with Crippen LogP contribution in [0, 0.1) is 5.82 Å². The second-order valence-corrected chi connectivity index (χ2v) is 6.99. The van der Waals surface area contributed by atoms with Crippen molar-refractivity contribution in [2.45, 2.75) is 13.2 Å². The maximum atomic E-state index is 14.2. The fourth-order valence-electron chi connectivity index (χ4n) is 3.61. The van der Waals surface area contributed by atoms with Gasteiger partial charge in [-0.1, -0.05) is 60.7 Å². The first-order valence-corrected chi connectivity index (χ1v) is 9.57. The molecule has 4 heteroatoms. The number of hydrogen-bond acceptors (Lipinski definition) is 2. The molecule has 1 aromatic heterocycles. The predicted molar refractivity (Wildman–Crippen MR) is 114 cm³/mol. The molecular formula is C25H19FN2O. The Hall–Kier alpha value is -3.66. The van der Waals surface area contributed by atoms with Crippen molar-refractivity contribution >= 4 is 21.8 Å². The van der Waals surface area contributed by atoms with Gasteiger partial charge in [0.25, 0.3) is 0 Å². The van der Waals surface area contributed by atoms with E-state index in [0.29, 0.717) is 18.7 Å². The molecule has 0 bridgehead atoms. The average molecular weight is 382 g/mol. The minimum absolute atomic E-state index is 0.216. The molecule has 0 atom stereocenters. The second kappa shape index (κ2) is 7.40. The summed E-state index contributed by atoms with van der Waals surface area (Å²) in [6.45, 7) is 0.713. The lowest BCUT2D eigenvalue weighted by atomic mass is 10.1. The number of rotatable bonds is 5. The summed E-state index contributed by atoms with van der Waals surface area (Å²) in [5, 5.41) is 2.30. The standard InChI is InChI=1S/C25H19FN2O/c26-22-10-4-3-9-20(22)16-28-24-12-6-5-11-23(24)27-25(28)17-29-21-14-13-18-7-1-2-8-19(18)15-21/h1-15H,16-17H2. The number of ether oxygens (including phenoxy) is 1. The molecule has 5 aromatic rings. The third-order valence-corrected chi connectivity index (χ3v) is 5.11. The van der Waals surface area contributed by atoms with E-state index in [1.54, 1.807) is 12.1 Å². The average Bonchev–Trinajstić information content (AvgIpc) is 3.11. The first-order valence-electron chi connectivity index (χ1n) is 9.57. The normalized spacial score (nSPS) is 11.2. The van der Waals surface area contributed by atoms with E-state index < -0.39 is 0 Å². The number of aromatic nitrogens is 2. The third-order valence-electron chi connectivity index (χ3n) is 5.11. The number of benzene rings is 4. The van der Waals surface area contributed by atoms with Gasteiger partial charge in [0, 0.05) is 5.56 Å². The van der Waals surface area contributed by atoms with Crippen LogP contribution >= 0.6 is 0 Å². The molecule has 0 N–H and O–H groups in total. The Morgan fingerprint density at radius 3 is 2.45 bits per heavy atom. The van der Waals surface area contributed by atoms with Crippen molar-refractivity contribution in [3.05, 3.63) is 108 Å². The van der Waals surface area contributed by atoms with Crippen LogP contribution < -0.4 is 4.74 Å². The van der Waals surface area contributed by atoms with Crippen molar-refractivity contribution in [3.63, 3.8) is 0 Å². The predicted octanol–water partition coefficient (Wildman–Crippen LogP) is 5.96. The molecule has 3 nitrogen and oxygen atoms in total. The number of nitrogens with zero attached hydrogens (tertiary/aromatic N) is 2. The molecule has 1 heterocycles. The van der Waals surface area contributed by atoms with E-state index in [4.69, 9.17) is 9.72 Å². The Bertz CT molecular complexity index is 1310. The Labute approximate surface area is 168 Å². The summed E-state index contributed by atoms with van der Waals surface area (Å²) in [7, 11) is 0. The number of para-hydroxylation sites is 2. The van der Waals surface area contributed by atoms with E-state index >= 15 is 0 Å². The molecule has 0 unspecified atom stereocenters. The summed E-state index contributed by atoms with van der Waals surface area (Å²) < 4.78 is 22.3. The van der Waals surface area contributed by atoms with Gasteiger partial charge in [0.1, 0.15) is 24.0 Å². The van der Waals surface area contributed by atoms with Gasteiger partial charge in [-0.3, -0.25) is 0 Å². The molecule has 0 aliphatic rings. The van der Waals surface area contributed by atoms with Gasteiger partial charge in [-0.25, -0.2) is 9.37 Å². The SMILES string of the molecule is Fc1ccccc1Cn1c(COc2ccc3ccccc3c2)nc2ccccc21. The molecule has 0 saturated heterocycles. The molecule has 0 radical (unpaired) electrons. The topological polar surface area (TPSA) is 27.1 Å². The fourth-order valence-corrected chi connectivity index (χ4v) is 3.61. The van der Waals surface area contributed by atoms with Crippen LogP contribution in [0.4, 0.5) is 4.39 Å². The van der Waals surface area contributed by atoms with Crippen LogP contribution in [-0.2, 0) is 13.2 Å². The quantitative estimate of drug-likeness (QED) is 0.375. The second-order valence-electron chi connectivity index (χ2n) is 6.99. The summed E-state index contributed by atoms with van der Waals surface area (Å²) in [6.07, 6.45) is 0. The van der Waals surface area contributed by atoms with E-state index in [1.807, 2.05) is 65.2 Å². The molecule has 0 spiro atoms. The van der Waals surface area contributed by atoms with Crippen LogP contribution in [0.1, 0.15) is 11.4 Å². The zero-order chi connectivity index (χ0) is 19.6. The first-order chi connectivity index (χ1) is 14.3. The van der Waals surface area contributed by atoms with Gasteiger partial charge >= 0.3 is 0 Å². The van der Waals surface area contributed by atoms with Crippen molar-refractivity contribution in [3.8, 4) is 5.75 Å². The molecule has 0 aliphatic heterocycles. The minimum Gasteiger partial charge on any atom is -0.486 e. The Kier molecular flexibility index (Phi) is 4.45. The molecule has 0 fully saturated rings. The lowest BCUT2D eigenvalue weighted by Gasteiger charge is -2.12. The zero-order valence-corrected chi connectivity index (χ0v) is 15.8. The Morgan fingerprint density at radius 2 is 1.55 bits per heavy atom. The number of halogens is 1. The monoisotopic (exact) mass is 382 g/mol. The largest absolute Gasteiger partial charge is 0.486 e. The summed E-state index contributed by atoms with van der Waals surface area (Å²) >= 11 is 0. The zero-order valence-electron chi connectivity index (χ0n) is 15.8. The van der Waals surface area contributed by atoms with E-state index in [9.17, 15) is 4.39 Å². The molecular weight excluding hydrogens is 363 g/mol. The van der Waals surface area contributed by atoms with Gasteiger partial charge in [-0.05, 0) is 41.1 Å². The number of imidazole rings is 1. The number of hydrogen-bond donors (Lipinski definition) is 0. The van der Waals surface area contributed by atoms with Gasteiger partial charge in [-0.15, -0.1) is 0 Å². The van der Waals surface area contributed by atoms with Gasteiger partial charge in [-0.2, -0.15) is 0 Å². The van der Waals surface area contributed by atoms with Crippen molar-refractivity contribution in [1.82, 2.24) is 9.55 Å². The molecule has 5 rings (SSSR count). The molecule has 0 aliphatic carbocycles. The van der Waals surface area contributed by atoms with Crippen molar-refractivity contribution < 1.29 is 9.13 Å². The third kappa shape index (κ3) is 3.45. The van der Waals surface area contributed by atoms with Crippen LogP contribution in [0.25, 0.3) is 21.8 Å². The Morgan fingerprint density at radius 1 is 0.793 bits per heavy atom. The smallest absolute Gasteiger partial charge is 0.148 e. The molecule has 4 aromatic carbocycles. The molecule has 0 amide bonds. The molecule has 142 valence electrons. The highest BCUT2D eigenvalue weighted by Crippen LogP contribution is 2.23. The van der Waals surface area contributed by atoms with Gasteiger partial charge in [0.05, 0.1) is 17.6 Å². The summed E-state index contributed by atoms with van der Waals surface area (Å²) in [4.78, 5) is 4.73. The maximum Gasteiger partial charge on any atom is 0.148 e. The fraction of sp³-hybridized carbons (Fsp3) is 0.0800. The lowest BCUT2D eigenvalue weighted by molar-refractivity contribution is 0.291. The van der Waals surface area contributed by atoms with Crippen LogP contribution in [-0.4, -0.2) is 9.55 Å². The molecule has 29 heavy (non-hydrogen) atoms. The summed E-state index contributed by atoms with van der Waals surface area (Å²) in [5.74, 6) is 1.34. The van der Waals surface area contributed by atoms with E-state index in [2.05, 4.69) is 12.1 Å². The lowest BCUT2D eigenvalue weighted by Crippen LogP contribution is -2.09. The van der Waals surface area contributed by atoms with Gasteiger partial charge < -0.3 is 9.30 Å². The van der Waals surface area contributed by atoms with Crippen molar-refractivity contribution in [1.29, 1.82) is 0 Å².